The lowest BCUT2D eigenvalue weighted by Gasteiger charge is -2.20. The summed E-state index contributed by atoms with van der Waals surface area (Å²) in [5, 5.41) is 4.01. The number of nitrogens with zero attached hydrogens (tertiary/aromatic N) is 1. The topological polar surface area (TPSA) is 80.2 Å². The molecule has 7 heteroatoms. The monoisotopic (exact) mass is 461 g/mol. The summed E-state index contributed by atoms with van der Waals surface area (Å²) in [4.78, 5) is 12.8. The number of sulfonamides is 1. The second kappa shape index (κ2) is 8.84. The van der Waals surface area contributed by atoms with E-state index in [1.807, 2.05) is 30.5 Å². The Morgan fingerprint density at radius 1 is 0.909 bits per heavy atom. The lowest BCUT2D eigenvalue weighted by Crippen LogP contribution is -2.41. The minimum absolute atomic E-state index is 0.159. The van der Waals surface area contributed by atoms with E-state index in [0.29, 0.717) is 16.8 Å². The van der Waals surface area contributed by atoms with E-state index in [9.17, 15) is 13.2 Å². The second-order valence-electron chi connectivity index (χ2n) is 9.06. The third kappa shape index (κ3) is 5.69. The van der Waals surface area contributed by atoms with E-state index in [0.717, 1.165) is 16.6 Å². The molecule has 4 rings (SSSR count). The lowest BCUT2D eigenvalue weighted by molar-refractivity contribution is 0.102. The number of hydrogen-bond acceptors (Lipinski definition) is 3. The Hall–Kier alpha value is -3.42. The predicted molar refractivity (Wildman–Crippen MR) is 133 cm³/mol. The average molecular weight is 462 g/mol. The summed E-state index contributed by atoms with van der Waals surface area (Å²) in [5.41, 5.74) is 3.17. The minimum atomic E-state index is -3.50. The molecular formula is C26H27N3O3S. The Bertz CT molecular complexity index is 1400. The van der Waals surface area contributed by atoms with Crippen molar-refractivity contribution in [2.24, 2.45) is 0 Å². The van der Waals surface area contributed by atoms with Gasteiger partial charge in [0.05, 0.1) is 11.3 Å². The first-order valence-electron chi connectivity index (χ1n) is 10.7. The number of anilines is 1. The fourth-order valence-corrected chi connectivity index (χ4v) is 5.37. The molecule has 3 aromatic carbocycles. The van der Waals surface area contributed by atoms with Gasteiger partial charge in [-0.2, -0.15) is 0 Å². The zero-order valence-electron chi connectivity index (χ0n) is 18.9. The van der Waals surface area contributed by atoms with Crippen LogP contribution in [-0.4, -0.2) is 24.4 Å². The molecule has 1 aromatic heterocycles. The van der Waals surface area contributed by atoms with Gasteiger partial charge in [0.1, 0.15) is 0 Å². The third-order valence-corrected chi connectivity index (χ3v) is 6.65. The van der Waals surface area contributed by atoms with Gasteiger partial charge in [-0.05, 0) is 80.3 Å². The highest BCUT2D eigenvalue weighted by atomic mass is 32.2. The normalized spacial score (nSPS) is 12.1. The van der Waals surface area contributed by atoms with E-state index < -0.39 is 15.6 Å². The van der Waals surface area contributed by atoms with Crippen LogP contribution in [0.4, 0.5) is 5.69 Å². The largest absolute Gasteiger partial charge is 0.322 e. The van der Waals surface area contributed by atoms with Gasteiger partial charge >= 0.3 is 0 Å². The van der Waals surface area contributed by atoms with Crippen molar-refractivity contribution in [1.82, 2.24) is 9.29 Å². The van der Waals surface area contributed by atoms with Gasteiger partial charge in [0.2, 0.25) is 10.0 Å². The highest BCUT2D eigenvalue weighted by molar-refractivity contribution is 7.88. The van der Waals surface area contributed by atoms with E-state index in [1.54, 1.807) is 57.2 Å². The molecular weight excluding hydrogens is 434 g/mol. The molecule has 0 unspecified atom stereocenters. The molecule has 0 bridgehead atoms. The summed E-state index contributed by atoms with van der Waals surface area (Å²) in [6, 6.07) is 24.4. The van der Waals surface area contributed by atoms with Crippen LogP contribution in [0.3, 0.4) is 0 Å². The van der Waals surface area contributed by atoms with Crippen LogP contribution in [0.15, 0.2) is 85.1 Å². The number of aromatic nitrogens is 1. The van der Waals surface area contributed by atoms with Crippen molar-refractivity contribution >= 4 is 32.5 Å². The average Bonchev–Trinajstić information content (AvgIpc) is 3.16. The smallest absolute Gasteiger partial charge is 0.255 e. The first-order chi connectivity index (χ1) is 15.6. The van der Waals surface area contributed by atoms with Gasteiger partial charge in [-0.15, -0.1) is 0 Å². The number of rotatable bonds is 6. The number of nitrogens with one attached hydrogen (secondary N) is 2. The predicted octanol–water partition coefficient (Wildman–Crippen LogP) is 5.10. The Morgan fingerprint density at radius 2 is 1.64 bits per heavy atom. The highest BCUT2D eigenvalue weighted by Crippen LogP contribution is 2.21. The summed E-state index contributed by atoms with van der Waals surface area (Å²) < 4.78 is 29.5. The molecule has 2 N–H and O–H groups in total. The zero-order valence-corrected chi connectivity index (χ0v) is 19.7. The molecule has 1 amide bonds. The number of amides is 1. The lowest BCUT2D eigenvalue weighted by atomic mass is 10.1. The van der Waals surface area contributed by atoms with Gasteiger partial charge in [0.15, 0.2) is 0 Å². The van der Waals surface area contributed by atoms with Crippen LogP contribution in [0, 0.1) is 0 Å². The number of carbonyl (C=O) groups is 1. The number of carbonyl (C=O) groups excluding carboxylic acids is 1. The van der Waals surface area contributed by atoms with Gasteiger partial charge < -0.3 is 9.88 Å². The molecule has 1 heterocycles. The van der Waals surface area contributed by atoms with Gasteiger partial charge in [-0.3, -0.25) is 4.79 Å². The molecule has 0 saturated heterocycles. The van der Waals surface area contributed by atoms with E-state index in [-0.39, 0.29) is 11.7 Å². The Kier molecular flexibility index (Phi) is 6.10. The quantitative estimate of drug-likeness (QED) is 0.419. The molecule has 0 aliphatic rings. The van der Waals surface area contributed by atoms with Crippen molar-refractivity contribution in [3.05, 3.63) is 96.2 Å². The van der Waals surface area contributed by atoms with Gasteiger partial charge in [0.25, 0.3) is 5.91 Å². The first kappa shape index (κ1) is 22.8. The van der Waals surface area contributed by atoms with Crippen LogP contribution in [-0.2, 0) is 15.8 Å². The van der Waals surface area contributed by atoms with E-state index in [4.69, 9.17) is 0 Å². The molecule has 0 fully saturated rings. The molecule has 6 nitrogen and oxygen atoms in total. The van der Waals surface area contributed by atoms with Crippen molar-refractivity contribution in [3.8, 4) is 5.69 Å². The maximum atomic E-state index is 12.8. The van der Waals surface area contributed by atoms with Crippen molar-refractivity contribution < 1.29 is 13.2 Å². The zero-order chi connectivity index (χ0) is 23.6. The maximum Gasteiger partial charge on any atom is 0.255 e. The van der Waals surface area contributed by atoms with Crippen molar-refractivity contribution in [2.45, 2.75) is 32.1 Å². The van der Waals surface area contributed by atoms with Crippen molar-refractivity contribution in [2.75, 3.05) is 5.32 Å². The maximum absolute atomic E-state index is 12.8. The Balaban J connectivity index is 1.47. The number of fused-ring (bicyclic) bond motifs is 1. The molecule has 0 saturated carbocycles. The highest BCUT2D eigenvalue weighted by Gasteiger charge is 2.20. The van der Waals surface area contributed by atoms with Crippen LogP contribution >= 0.6 is 0 Å². The first-order valence-corrected chi connectivity index (χ1v) is 12.3. The molecule has 0 radical (unpaired) electrons. The van der Waals surface area contributed by atoms with Crippen molar-refractivity contribution in [3.63, 3.8) is 0 Å². The van der Waals surface area contributed by atoms with Gasteiger partial charge in [-0.1, -0.05) is 30.3 Å². The number of benzene rings is 3. The van der Waals surface area contributed by atoms with Crippen LogP contribution in [0.1, 0.15) is 36.7 Å². The summed E-state index contributed by atoms with van der Waals surface area (Å²) >= 11 is 0. The van der Waals surface area contributed by atoms with E-state index in [1.165, 1.54) is 0 Å². The molecule has 170 valence electrons. The Labute approximate surface area is 194 Å². The standard InChI is InChI=1S/C26H27N3O3S/c1-26(2,3)28-33(31,32)18-19-7-6-9-22(17-19)27-25(30)21-11-13-23(14-12-21)29-16-15-20-8-4-5-10-24(20)29/h4-17,28H,18H2,1-3H3,(H,27,30). The van der Waals surface area contributed by atoms with Crippen LogP contribution in [0.5, 0.6) is 0 Å². The van der Waals surface area contributed by atoms with Crippen molar-refractivity contribution in [1.29, 1.82) is 0 Å². The fraction of sp³-hybridized carbons (Fsp3) is 0.192. The molecule has 4 aromatic rings. The Morgan fingerprint density at radius 3 is 2.36 bits per heavy atom. The molecule has 33 heavy (non-hydrogen) atoms. The van der Waals surface area contributed by atoms with Gasteiger partial charge in [0, 0.05) is 28.7 Å². The summed E-state index contributed by atoms with van der Waals surface area (Å²) in [6.07, 6.45) is 2.01. The van der Waals surface area contributed by atoms with Crippen LogP contribution in [0.2, 0.25) is 0 Å². The van der Waals surface area contributed by atoms with E-state index in [2.05, 4.69) is 32.8 Å². The second-order valence-corrected chi connectivity index (χ2v) is 10.8. The van der Waals surface area contributed by atoms with Gasteiger partial charge in [-0.25, -0.2) is 13.1 Å². The van der Waals surface area contributed by atoms with Crippen LogP contribution < -0.4 is 10.0 Å². The molecule has 0 aliphatic carbocycles. The molecule has 0 atom stereocenters. The number of para-hydroxylation sites is 1. The minimum Gasteiger partial charge on any atom is -0.322 e. The number of hydrogen-bond donors (Lipinski definition) is 2. The molecule has 0 aliphatic heterocycles. The third-order valence-electron chi connectivity index (χ3n) is 5.01. The fourth-order valence-electron chi connectivity index (χ4n) is 3.75. The summed E-state index contributed by atoms with van der Waals surface area (Å²) in [5.74, 6) is -0.417. The molecule has 0 spiro atoms. The van der Waals surface area contributed by atoms with E-state index >= 15 is 0 Å². The SMILES string of the molecule is CC(C)(C)NS(=O)(=O)Cc1cccc(NC(=O)c2ccc(-n3ccc4ccccc43)cc2)c1. The summed E-state index contributed by atoms with van der Waals surface area (Å²) in [7, 11) is -3.50. The van der Waals surface area contributed by atoms with Crippen LogP contribution in [0.25, 0.3) is 16.6 Å². The summed E-state index contributed by atoms with van der Waals surface area (Å²) in [6.45, 7) is 5.39.